The lowest BCUT2D eigenvalue weighted by Crippen LogP contribution is -2.04. The summed E-state index contributed by atoms with van der Waals surface area (Å²) in [4.78, 5) is 0. The predicted octanol–water partition coefficient (Wildman–Crippen LogP) is 6.12. The van der Waals surface area contributed by atoms with Crippen molar-refractivity contribution < 1.29 is 13.2 Å². The van der Waals surface area contributed by atoms with Gasteiger partial charge in [0.25, 0.3) is 0 Å². The van der Waals surface area contributed by atoms with Crippen LogP contribution in [0.2, 0.25) is 0 Å². The van der Waals surface area contributed by atoms with Crippen molar-refractivity contribution in [2.24, 2.45) is 0 Å². The summed E-state index contributed by atoms with van der Waals surface area (Å²) in [5, 5.41) is 3.09. The molecular weight excluding hydrogens is 299 g/mol. The molecule has 116 valence electrons. The first-order valence-electron chi connectivity index (χ1n) is 7.12. The van der Waals surface area contributed by atoms with Crippen LogP contribution in [0.4, 0.5) is 24.5 Å². The molecule has 0 fully saturated rings. The predicted molar refractivity (Wildman–Crippen MR) is 86.6 cm³/mol. The monoisotopic (exact) mass is 313 g/mol. The summed E-state index contributed by atoms with van der Waals surface area (Å²) in [5.41, 5.74) is 2.99. The Bertz CT molecular complexity index is 760. The highest BCUT2D eigenvalue weighted by molar-refractivity contribution is 5.68. The van der Waals surface area contributed by atoms with Gasteiger partial charge in [0.1, 0.15) is 0 Å². The number of benzene rings is 3. The number of anilines is 2. The Hall–Kier alpha value is -2.75. The second-order valence-electron chi connectivity index (χ2n) is 5.14. The Labute approximate surface area is 132 Å². The molecular formula is C19H14F3N. The fourth-order valence-electron chi connectivity index (χ4n) is 2.29. The van der Waals surface area contributed by atoms with Gasteiger partial charge in [0.2, 0.25) is 0 Å². The molecule has 0 atom stereocenters. The summed E-state index contributed by atoms with van der Waals surface area (Å²) in [6.45, 7) is 0. The van der Waals surface area contributed by atoms with Gasteiger partial charge in [0, 0.05) is 11.4 Å². The molecule has 1 N–H and O–H groups in total. The van der Waals surface area contributed by atoms with Crippen molar-refractivity contribution in [3.63, 3.8) is 0 Å². The van der Waals surface area contributed by atoms with Crippen molar-refractivity contribution in [1.29, 1.82) is 0 Å². The molecule has 0 aromatic heterocycles. The van der Waals surface area contributed by atoms with E-state index in [-0.39, 0.29) is 0 Å². The third kappa shape index (κ3) is 3.72. The summed E-state index contributed by atoms with van der Waals surface area (Å²) < 4.78 is 37.6. The molecule has 1 nitrogen and oxygen atoms in total. The lowest BCUT2D eigenvalue weighted by atomic mass is 10.1. The van der Waals surface area contributed by atoms with Crippen LogP contribution in [0.15, 0.2) is 78.9 Å². The number of rotatable bonds is 3. The lowest BCUT2D eigenvalue weighted by molar-refractivity contribution is -0.137. The average Bonchev–Trinajstić information content (AvgIpc) is 2.56. The van der Waals surface area contributed by atoms with E-state index >= 15 is 0 Å². The van der Waals surface area contributed by atoms with Crippen molar-refractivity contribution in [2.45, 2.75) is 6.18 Å². The van der Waals surface area contributed by atoms with E-state index in [9.17, 15) is 13.2 Å². The molecule has 0 bridgehead atoms. The van der Waals surface area contributed by atoms with Crippen molar-refractivity contribution in [3.8, 4) is 11.1 Å². The maximum atomic E-state index is 12.5. The summed E-state index contributed by atoms with van der Waals surface area (Å²) >= 11 is 0. The zero-order chi connectivity index (χ0) is 16.3. The highest BCUT2D eigenvalue weighted by Gasteiger charge is 2.29. The van der Waals surface area contributed by atoms with Crippen molar-refractivity contribution in [2.75, 3.05) is 5.32 Å². The minimum absolute atomic E-state index is 0.616. The zero-order valence-corrected chi connectivity index (χ0v) is 12.1. The standard InChI is InChI=1S/C19H14F3N/c20-19(21,22)16-8-12-18(13-9-16)23-17-10-6-15(7-11-17)14-4-2-1-3-5-14/h1-13,23H. The molecule has 0 aliphatic carbocycles. The van der Waals surface area contributed by atoms with E-state index in [1.54, 1.807) is 0 Å². The molecule has 3 aromatic rings. The van der Waals surface area contributed by atoms with Crippen molar-refractivity contribution in [1.82, 2.24) is 0 Å². The van der Waals surface area contributed by atoms with Crippen LogP contribution >= 0.6 is 0 Å². The van der Waals surface area contributed by atoms with Crippen LogP contribution in [-0.2, 0) is 6.18 Å². The van der Waals surface area contributed by atoms with Gasteiger partial charge in [-0.3, -0.25) is 0 Å². The van der Waals surface area contributed by atoms with Crippen LogP contribution < -0.4 is 5.32 Å². The zero-order valence-electron chi connectivity index (χ0n) is 12.1. The van der Waals surface area contributed by atoms with Gasteiger partial charge in [-0.1, -0.05) is 42.5 Å². The Morgan fingerprint density at radius 3 is 1.57 bits per heavy atom. The van der Waals surface area contributed by atoms with E-state index in [1.165, 1.54) is 12.1 Å². The number of alkyl halides is 3. The summed E-state index contributed by atoms with van der Waals surface area (Å²) in [6.07, 6.45) is -4.31. The van der Waals surface area contributed by atoms with Gasteiger partial charge in [-0.2, -0.15) is 13.2 Å². The molecule has 3 rings (SSSR count). The molecule has 0 aliphatic heterocycles. The molecule has 0 spiro atoms. The smallest absolute Gasteiger partial charge is 0.356 e. The Morgan fingerprint density at radius 1 is 0.565 bits per heavy atom. The summed E-state index contributed by atoms with van der Waals surface area (Å²) in [6, 6.07) is 22.7. The normalized spacial score (nSPS) is 11.3. The van der Waals surface area contributed by atoms with E-state index in [4.69, 9.17) is 0 Å². The minimum Gasteiger partial charge on any atom is -0.356 e. The first-order valence-corrected chi connectivity index (χ1v) is 7.12. The highest BCUT2D eigenvalue weighted by Crippen LogP contribution is 2.30. The fourth-order valence-corrected chi connectivity index (χ4v) is 2.29. The van der Waals surface area contributed by atoms with Crippen molar-refractivity contribution >= 4 is 11.4 Å². The average molecular weight is 313 g/mol. The molecule has 4 heteroatoms. The van der Waals surface area contributed by atoms with Crippen LogP contribution in [0.3, 0.4) is 0 Å². The second kappa shape index (κ2) is 6.16. The maximum absolute atomic E-state index is 12.5. The topological polar surface area (TPSA) is 12.0 Å². The number of hydrogen-bond donors (Lipinski definition) is 1. The maximum Gasteiger partial charge on any atom is 0.416 e. The van der Waals surface area contributed by atoms with E-state index in [0.717, 1.165) is 28.9 Å². The van der Waals surface area contributed by atoms with Gasteiger partial charge in [-0.15, -0.1) is 0 Å². The van der Waals surface area contributed by atoms with E-state index in [1.807, 2.05) is 54.6 Å². The summed E-state index contributed by atoms with van der Waals surface area (Å²) in [7, 11) is 0. The van der Waals surface area contributed by atoms with Gasteiger partial charge in [0.15, 0.2) is 0 Å². The Balaban J connectivity index is 1.74. The van der Waals surface area contributed by atoms with Gasteiger partial charge in [-0.25, -0.2) is 0 Å². The van der Waals surface area contributed by atoms with Crippen LogP contribution in [-0.4, -0.2) is 0 Å². The molecule has 0 amide bonds. The quantitative estimate of drug-likeness (QED) is 0.614. The third-order valence-corrected chi connectivity index (χ3v) is 3.49. The largest absolute Gasteiger partial charge is 0.416 e. The van der Waals surface area contributed by atoms with E-state index in [2.05, 4.69) is 5.32 Å². The number of halogens is 3. The summed E-state index contributed by atoms with van der Waals surface area (Å²) in [5.74, 6) is 0. The Kier molecular flexibility index (Phi) is 4.06. The van der Waals surface area contributed by atoms with Crippen LogP contribution in [0.25, 0.3) is 11.1 Å². The van der Waals surface area contributed by atoms with Gasteiger partial charge < -0.3 is 5.32 Å². The first kappa shape index (κ1) is 15.2. The molecule has 0 unspecified atom stereocenters. The lowest BCUT2D eigenvalue weighted by Gasteiger charge is -2.10. The van der Waals surface area contributed by atoms with Crippen LogP contribution in [0.5, 0.6) is 0 Å². The molecule has 0 aliphatic rings. The highest BCUT2D eigenvalue weighted by atomic mass is 19.4. The SMILES string of the molecule is FC(F)(F)c1ccc(Nc2ccc(-c3ccccc3)cc2)cc1. The molecule has 0 radical (unpaired) electrons. The fraction of sp³-hybridized carbons (Fsp3) is 0.0526. The third-order valence-electron chi connectivity index (χ3n) is 3.49. The van der Waals surface area contributed by atoms with E-state index in [0.29, 0.717) is 5.69 Å². The Morgan fingerprint density at radius 2 is 1.04 bits per heavy atom. The number of nitrogens with one attached hydrogen (secondary N) is 1. The molecule has 3 aromatic carbocycles. The van der Waals surface area contributed by atoms with Crippen LogP contribution in [0, 0.1) is 0 Å². The number of hydrogen-bond acceptors (Lipinski definition) is 1. The first-order chi connectivity index (χ1) is 11.0. The van der Waals surface area contributed by atoms with Crippen molar-refractivity contribution in [3.05, 3.63) is 84.4 Å². The molecule has 0 heterocycles. The minimum atomic E-state index is -4.31. The van der Waals surface area contributed by atoms with Gasteiger partial charge in [-0.05, 0) is 47.5 Å². The molecule has 0 saturated heterocycles. The van der Waals surface area contributed by atoms with Gasteiger partial charge >= 0.3 is 6.18 Å². The second-order valence-corrected chi connectivity index (χ2v) is 5.14. The van der Waals surface area contributed by atoms with Gasteiger partial charge in [0.05, 0.1) is 5.56 Å². The van der Waals surface area contributed by atoms with Crippen LogP contribution in [0.1, 0.15) is 5.56 Å². The molecule has 0 saturated carbocycles. The van der Waals surface area contributed by atoms with E-state index < -0.39 is 11.7 Å². The molecule has 23 heavy (non-hydrogen) atoms.